The molecule has 1 amide bonds. The van der Waals surface area contributed by atoms with E-state index in [0.717, 1.165) is 44.4 Å². The Balaban J connectivity index is 2.42. The summed E-state index contributed by atoms with van der Waals surface area (Å²) in [5, 5.41) is 75.5. The lowest BCUT2D eigenvalue weighted by Crippen LogP contribution is -2.60. The maximum Gasteiger partial charge on any atom is 0.249 e. The van der Waals surface area contributed by atoms with Crippen LogP contribution in [0.4, 0.5) is 0 Å². The van der Waals surface area contributed by atoms with E-state index in [4.69, 9.17) is 9.47 Å². The van der Waals surface area contributed by atoms with Gasteiger partial charge in [-0.05, 0) is 18.8 Å². The molecular formula is C44H87NO10. The van der Waals surface area contributed by atoms with Gasteiger partial charge in [-0.1, -0.05) is 188 Å². The maximum atomic E-state index is 13.1. The largest absolute Gasteiger partial charge is 0.394 e. The fourth-order valence-electron chi connectivity index (χ4n) is 7.51. The molecule has 0 aromatic carbocycles. The highest BCUT2D eigenvalue weighted by atomic mass is 16.7. The highest BCUT2D eigenvalue weighted by Gasteiger charge is 2.44. The summed E-state index contributed by atoms with van der Waals surface area (Å²) in [7, 11) is 0. The molecule has 1 heterocycles. The summed E-state index contributed by atoms with van der Waals surface area (Å²) in [5.74, 6) is 0.0314. The number of hydrogen-bond donors (Lipinski definition) is 8. The second kappa shape index (κ2) is 34.0. The number of carbonyl (C=O) groups excluding carboxylic acids is 1. The van der Waals surface area contributed by atoms with Crippen molar-refractivity contribution in [3.8, 4) is 0 Å². The molecule has 8 N–H and O–H groups in total. The minimum Gasteiger partial charge on any atom is -0.394 e. The molecule has 0 spiro atoms. The van der Waals surface area contributed by atoms with E-state index in [9.17, 15) is 40.5 Å². The van der Waals surface area contributed by atoms with Gasteiger partial charge >= 0.3 is 0 Å². The molecule has 1 fully saturated rings. The molecule has 0 saturated carbocycles. The molecule has 0 aromatic heterocycles. The Kier molecular flexibility index (Phi) is 32.2. The van der Waals surface area contributed by atoms with E-state index in [1.165, 1.54) is 116 Å². The number of carbonyl (C=O) groups is 1. The molecule has 0 radical (unpaired) electrons. The lowest BCUT2D eigenvalue weighted by Gasteiger charge is -2.40. The van der Waals surface area contributed by atoms with E-state index in [1.807, 2.05) is 0 Å². The lowest BCUT2D eigenvalue weighted by molar-refractivity contribution is -0.303. The van der Waals surface area contributed by atoms with Crippen LogP contribution in [0.25, 0.3) is 0 Å². The van der Waals surface area contributed by atoms with Gasteiger partial charge in [0.2, 0.25) is 5.91 Å². The summed E-state index contributed by atoms with van der Waals surface area (Å²) in [6.07, 6.45) is 20.4. The monoisotopic (exact) mass is 790 g/mol. The van der Waals surface area contributed by atoms with Gasteiger partial charge in [-0.3, -0.25) is 4.79 Å². The maximum absolute atomic E-state index is 13.1. The van der Waals surface area contributed by atoms with Crippen molar-refractivity contribution < 1.29 is 50.0 Å². The zero-order chi connectivity index (χ0) is 40.7. The molecule has 55 heavy (non-hydrogen) atoms. The van der Waals surface area contributed by atoms with Crippen molar-refractivity contribution in [1.29, 1.82) is 0 Å². The number of nitrogens with one attached hydrogen (secondary N) is 1. The molecule has 11 heteroatoms. The number of ether oxygens (including phenoxy) is 2. The van der Waals surface area contributed by atoms with Crippen molar-refractivity contribution in [2.24, 2.45) is 5.92 Å². The second-order valence-electron chi connectivity index (χ2n) is 17.0. The summed E-state index contributed by atoms with van der Waals surface area (Å²) in [4.78, 5) is 13.1. The average molecular weight is 790 g/mol. The van der Waals surface area contributed by atoms with Crippen molar-refractivity contribution in [2.45, 2.75) is 256 Å². The first-order chi connectivity index (χ1) is 26.5. The Morgan fingerprint density at radius 3 is 1.45 bits per heavy atom. The molecule has 1 saturated heterocycles. The third-order valence-electron chi connectivity index (χ3n) is 11.3. The third-order valence-corrected chi connectivity index (χ3v) is 11.3. The lowest BCUT2D eigenvalue weighted by atomic mass is 9.98. The average Bonchev–Trinajstić information content (AvgIpc) is 3.17. The number of aliphatic hydroxyl groups excluding tert-OH is 7. The van der Waals surface area contributed by atoms with E-state index in [-0.39, 0.29) is 6.42 Å². The summed E-state index contributed by atoms with van der Waals surface area (Å²) < 4.78 is 11.1. The molecule has 0 bridgehead atoms. The van der Waals surface area contributed by atoms with E-state index in [0.29, 0.717) is 19.3 Å². The fraction of sp³-hybridized carbons (Fsp3) is 0.977. The highest BCUT2D eigenvalue weighted by Crippen LogP contribution is 2.23. The van der Waals surface area contributed by atoms with Crippen LogP contribution in [0, 0.1) is 5.92 Å². The second-order valence-corrected chi connectivity index (χ2v) is 17.0. The highest BCUT2D eigenvalue weighted by molar-refractivity contribution is 5.80. The van der Waals surface area contributed by atoms with Crippen molar-refractivity contribution in [3.05, 3.63) is 0 Å². The van der Waals surface area contributed by atoms with Gasteiger partial charge in [-0.25, -0.2) is 0 Å². The van der Waals surface area contributed by atoms with Crippen LogP contribution in [0.1, 0.15) is 201 Å². The van der Waals surface area contributed by atoms with Crippen LogP contribution in [-0.4, -0.2) is 110 Å². The summed E-state index contributed by atoms with van der Waals surface area (Å²) in [6, 6.07) is -1.16. The Hall–Kier alpha value is -0.890. The number of rotatable bonds is 37. The van der Waals surface area contributed by atoms with Crippen molar-refractivity contribution >= 4 is 5.91 Å². The molecule has 9 unspecified atom stereocenters. The van der Waals surface area contributed by atoms with Crippen LogP contribution >= 0.6 is 0 Å². The van der Waals surface area contributed by atoms with Crippen molar-refractivity contribution in [3.63, 3.8) is 0 Å². The number of amides is 1. The first-order valence-electron chi connectivity index (χ1n) is 22.8. The molecular weight excluding hydrogens is 702 g/mol. The SMILES string of the molecule is CCCCCCCCCCCCCCCCCCCCC(O)C(=O)NC(COC1OC(CO)C(O)C(O)C1O)C(O)C(O)CCCCCCCCCC(C)C. The normalized spacial score (nSPS) is 22.5. The van der Waals surface area contributed by atoms with Crippen molar-refractivity contribution in [2.75, 3.05) is 13.2 Å². The molecule has 328 valence electrons. The van der Waals surface area contributed by atoms with Gasteiger partial charge in [-0.15, -0.1) is 0 Å². The van der Waals surface area contributed by atoms with Gasteiger partial charge in [0.15, 0.2) is 6.29 Å². The molecule has 1 aliphatic heterocycles. The smallest absolute Gasteiger partial charge is 0.249 e. The van der Waals surface area contributed by atoms with E-state index >= 15 is 0 Å². The van der Waals surface area contributed by atoms with Gasteiger partial charge in [0.05, 0.1) is 25.4 Å². The topological polar surface area (TPSA) is 189 Å². The van der Waals surface area contributed by atoms with Crippen LogP contribution < -0.4 is 5.32 Å². The van der Waals surface area contributed by atoms with E-state index in [1.54, 1.807) is 0 Å². The Morgan fingerprint density at radius 2 is 1.02 bits per heavy atom. The summed E-state index contributed by atoms with van der Waals surface area (Å²) in [5.41, 5.74) is 0. The van der Waals surface area contributed by atoms with Gasteiger partial charge in [0.25, 0.3) is 0 Å². The van der Waals surface area contributed by atoms with Crippen LogP contribution in [0.2, 0.25) is 0 Å². The van der Waals surface area contributed by atoms with Crippen LogP contribution in [0.15, 0.2) is 0 Å². The van der Waals surface area contributed by atoms with Gasteiger partial charge < -0.3 is 50.5 Å². The Bertz CT molecular complexity index is 880. The molecule has 0 aromatic rings. The van der Waals surface area contributed by atoms with Crippen LogP contribution in [0.5, 0.6) is 0 Å². The summed E-state index contributed by atoms with van der Waals surface area (Å²) >= 11 is 0. The van der Waals surface area contributed by atoms with Gasteiger partial charge in [0, 0.05) is 0 Å². The number of aliphatic hydroxyl groups is 7. The van der Waals surface area contributed by atoms with Gasteiger partial charge in [0.1, 0.15) is 36.6 Å². The minimum absolute atomic E-state index is 0.265. The minimum atomic E-state index is -1.66. The first kappa shape index (κ1) is 52.1. The Morgan fingerprint density at radius 1 is 0.600 bits per heavy atom. The predicted octanol–water partition coefficient (Wildman–Crippen LogP) is 6.97. The van der Waals surface area contributed by atoms with Crippen molar-refractivity contribution in [1.82, 2.24) is 5.32 Å². The number of unbranched alkanes of at least 4 members (excludes halogenated alkanes) is 23. The number of hydrogen-bond acceptors (Lipinski definition) is 10. The molecule has 0 aliphatic carbocycles. The Labute approximate surface area is 335 Å². The van der Waals surface area contributed by atoms with Crippen LogP contribution in [-0.2, 0) is 14.3 Å². The molecule has 11 nitrogen and oxygen atoms in total. The van der Waals surface area contributed by atoms with E-state index < -0.39 is 74.2 Å². The van der Waals surface area contributed by atoms with E-state index in [2.05, 4.69) is 26.1 Å². The quantitative estimate of drug-likeness (QED) is 0.0306. The van der Waals surface area contributed by atoms with Gasteiger partial charge in [-0.2, -0.15) is 0 Å². The first-order valence-corrected chi connectivity index (χ1v) is 22.8. The fourth-order valence-corrected chi connectivity index (χ4v) is 7.51. The summed E-state index contributed by atoms with van der Waals surface area (Å²) in [6.45, 7) is 5.69. The molecule has 1 rings (SSSR count). The third kappa shape index (κ3) is 25.3. The zero-order valence-corrected chi connectivity index (χ0v) is 35.3. The molecule has 9 atom stereocenters. The predicted molar refractivity (Wildman–Crippen MR) is 219 cm³/mol. The zero-order valence-electron chi connectivity index (χ0n) is 35.3. The standard InChI is InChI=1S/C44H87NO10/c1-4-5-6-7-8-9-10-11-12-13-14-15-16-17-18-21-25-28-31-37(48)43(53)45-35(33-54-44-42(52)41(51)40(50)38(32-46)55-44)39(49)36(47)30-27-24-22-19-20-23-26-29-34(2)3/h34-42,44,46-52H,4-33H2,1-3H3,(H,45,53). The molecule has 1 aliphatic rings. The van der Waals surface area contributed by atoms with Crippen LogP contribution in [0.3, 0.4) is 0 Å².